The molecule has 7 heteroatoms. The highest BCUT2D eigenvalue weighted by Gasteiger charge is 2.56. The summed E-state index contributed by atoms with van der Waals surface area (Å²) in [5.41, 5.74) is 4.38. The smallest absolute Gasteiger partial charge is 0.335 e. The standard InChI is InChI=1S/C34H41N3O4/c1-35-19-25-11-12-26(20-35)37(25)33(40)34(16-17-34)21-36-29-18-24(32(38)39)10-15-28(29)30(22-6-4-3-5-7-22)31(36)23-8-13-27(41-2)14-9-23/h8-10,13-15,18,22,25-26H,3-7,11-12,16-17,19-21H2,1-2H3,(H,38,39). The molecule has 4 aliphatic rings. The van der Waals surface area contributed by atoms with E-state index in [-0.39, 0.29) is 0 Å². The van der Waals surface area contributed by atoms with E-state index in [1.165, 1.54) is 24.8 Å². The summed E-state index contributed by atoms with van der Waals surface area (Å²) >= 11 is 0. The van der Waals surface area contributed by atoms with Crippen molar-refractivity contribution in [2.75, 3.05) is 27.2 Å². The normalized spacial score (nSPS) is 24.1. The van der Waals surface area contributed by atoms with Crippen molar-refractivity contribution < 1.29 is 19.4 Å². The van der Waals surface area contributed by atoms with Crippen LogP contribution in [0.15, 0.2) is 42.5 Å². The summed E-state index contributed by atoms with van der Waals surface area (Å²) < 4.78 is 7.81. The third kappa shape index (κ3) is 4.53. The maximum atomic E-state index is 14.4. The molecule has 7 rings (SSSR count). The molecule has 2 aliphatic heterocycles. The van der Waals surface area contributed by atoms with Crippen LogP contribution in [0.1, 0.15) is 79.6 Å². The van der Waals surface area contributed by atoms with Crippen molar-refractivity contribution in [2.24, 2.45) is 5.41 Å². The number of nitrogens with zero attached hydrogens (tertiary/aromatic N) is 3. The number of benzene rings is 2. The number of piperazine rings is 1. The van der Waals surface area contributed by atoms with Crippen LogP contribution in [0.4, 0.5) is 0 Å². The Morgan fingerprint density at radius 2 is 1.63 bits per heavy atom. The summed E-state index contributed by atoms with van der Waals surface area (Å²) in [6.45, 7) is 2.50. The fraction of sp³-hybridized carbons (Fsp3) is 0.529. The van der Waals surface area contributed by atoms with Gasteiger partial charge in [0.25, 0.3) is 0 Å². The number of carboxylic acids is 1. The molecule has 216 valence electrons. The van der Waals surface area contributed by atoms with Gasteiger partial charge in [-0.2, -0.15) is 0 Å². The lowest BCUT2D eigenvalue weighted by Gasteiger charge is -2.41. The molecule has 7 nitrogen and oxygen atoms in total. The van der Waals surface area contributed by atoms with Crippen LogP contribution in [0.25, 0.3) is 22.2 Å². The average Bonchev–Trinajstić information content (AvgIpc) is 3.64. The van der Waals surface area contributed by atoms with Crippen molar-refractivity contribution in [2.45, 2.75) is 82.3 Å². The van der Waals surface area contributed by atoms with Gasteiger partial charge < -0.3 is 24.2 Å². The number of carboxylic acid groups (broad SMARTS) is 1. The van der Waals surface area contributed by atoms with Gasteiger partial charge in [-0.3, -0.25) is 4.79 Å². The van der Waals surface area contributed by atoms with E-state index in [4.69, 9.17) is 4.74 Å². The number of carbonyl (C=O) groups is 2. The first kappa shape index (κ1) is 26.6. The maximum Gasteiger partial charge on any atom is 0.335 e. The van der Waals surface area contributed by atoms with Crippen LogP contribution in [-0.2, 0) is 11.3 Å². The summed E-state index contributed by atoms with van der Waals surface area (Å²) in [4.78, 5) is 31.1. The van der Waals surface area contributed by atoms with Crippen molar-refractivity contribution in [3.63, 3.8) is 0 Å². The third-order valence-corrected chi connectivity index (χ3v) is 10.4. The quantitative estimate of drug-likeness (QED) is 0.379. The molecule has 41 heavy (non-hydrogen) atoms. The molecule has 2 unspecified atom stereocenters. The summed E-state index contributed by atoms with van der Waals surface area (Å²) in [6.07, 6.45) is 9.91. The van der Waals surface area contributed by atoms with Gasteiger partial charge in [0.15, 0.2) is 0 Å². The molecule has 3 heterocycles. The Balaban J connectivity index is 1.38. The number of likely N-dealkylation sites (N-methyl/N-ethyl adjacent to an activating group) is 1. The second-order valence-corrected chi connectivity index (χ2v) is 13.0. The summed E-state index contributed by atoms with van der Waals surface area (Å²) in [5.74, 6) is 0.619. The van der Waals surface area contributed by atoms with Gasteiger partial charge in [0.1, 0.15) is 5.75 Å². The minimum Gasteiger partial charge on any atom is -0.497 e. The molecule has 0 radical (unpaired) electrons. The van der Waals surface area contributed by atoms with E-state index in [0.29, 0.717) is 36.0 Å². The molecule has 2 atom stereocenters. The van der Waals surface area contributed by atoms with Gasteiger partial charge in [-0.05, 0) is 99.0 Å². The Kier molecular flexibility index (Phi) is 6.61. The first-order chi connectivity index (χ1) is 19.9. The Labute approximate surface area is 242 Å². The topological polar surface area (TPSA) is 75.0 Å². The van der Waals surface area contributed by atoms with Gasteiger partial charge in [-0.15, -0.1) is 0 Å². The largest absolute Gasteiger partial charge is 0.497 e. The van der Waals surface area contributed by atoms with E-state index in [1.807, 2.05) is 24.3 Å². The van der Waals surface area contributed by atoms with Crippen molar-refractivity contribution in [3.05, 3.63) is 53.6 Å². The van der Waals surface area contributed by atoms with Crippen LogP contribution in [0.3, 0.4) is 0 Å². The Morgan fingerprint density at radius 3 is 2.24 bits per heavy atom. The van der Waals surface area contributed by atoms with Gasteiger partial charge in [-0.1, -0.05) is 25.3 Å². The lowest BCUT2D eigenvalue weighted by molar-refractivity contribution is -0.143. The summed E-state index contributed by atoms with van der Waals surface area (Å²) in [7, 11) is 3.85. The van der Waals surface area contributed by atoms with Gasteiger partial charge >= 0.3 is 5.97 Å². The van der Waals surface area contributed by atoms with E-state index < -0.39 is 11.4 Å². The van der Waals surface area contributed by atoms with Crippen LogP contribution in [-0.4, -0.2) is 70.7 Å². The number of hydrogen-bond acceptors (Lipinski definition) is 4. The van der Waals surface area contributed by atoms with Crippen molar-refractivity contribution in [1.82, 2.24) is 14.4 Å². The van der Waals surface area contributed by atoms with Crippen LogP contribution in [0, 0.1) is 5.41 Å². The highest BCUT2D eigenvalue weighted by atomic mass is 16.5. The molecule has 1 amide bonds. The van der Waals surface area contributed by atoms with Gasteiger partial charge in [0, 0.05) is 42.6 Å². The second kappa shape index (κ2) is 10.2. The predicted molar refractivity (Wildman–Crippen MR) is 160 cm³/mol. The number of hydrogen-bond donors (Lipinski definition) is 1. The van der Waals surface area contributed by atoms with E-state index >= 15 is 0 Å². The number of aromatic nitrogens is 1. The number of carbonyl (C=O) groups excluding carboxylic acids is 1. The molecular formula is C34H41N3O4. The number of likely N-dealkylation sites (tertiary alicyclic amines) is 1. The van der Waals surface area contributed by atoms with Crippen molar-refractivity contribution in [1.29, 1.82) is 0 Å². The Bertz CT molecular complexity index is 1470. The molecule has 0 spiro atoms. The Morgan fingerprint density at radius 1 is 0.951 bits per heavy atom. The zero-order valence-electron chi connectivity index (χ0n) is 24.3. The molecule has 1 N–H and O–H groups in total. The van der Waals surface area contributed by atoms with E-state index in [2.05, 4.69) is 33.5 Å². The molecule has 2 bridgehead atoms. The molecule has 1 aromatic heterocycles. The first-order valence-electron chi connectivity index (χ1n) is 15.4. The molecule has 4 fully saturated rings. The zero-order valence-corrected chi connectivity index (χ0v) is 24.3. The first-order valence-corrected chi connectivity index (χ1v) is 15.4. The van der Waals surface area contributed by atoms with Gasteiger partial charge in [0.05, 0.1) is 23.8 Å². The fourth-order valence-corrected chi connectivity index (χ4v) is 8.15. The minimum absolute atomic E-state index is 0.293. The monoisotopic (exact) mass is 555 g/mol. The van der Waals surface area contributed by atoms with E-state index in [1.54, 1.807) is 13.2 Å². The Hall–Kier alpha value is -3.32. The summed E-state index contributed by atoms with van der Waals surface area (Å²) in [5, 5.41) is 11.1. The SMILES string of the molecule is COc1ccc(-c2c(C3CCCCC3)c3ccc(C(=O)O)cc3n2CC2(C(=O)N3C4CCC3CN(C)C4)CC2)cc1. The van der Waals surface area contributed by atoms with Crippen LogP contribution >= 0.6 is 0 Å². The van der Waals surface area contributed by atoms with E-state index in [0.717, 1.165) is 79.5 Å². The molecule has 3 aromatic rings. The predicted octanol–water partition coefficient (Wildman–Crippen LogP) is 6.15. The van der Waals surface area contributed by atoms with Crippen LogP contribution in [0.5, 0.6) is 5.75 Å². The van der Waals surface area contributed by atoms with E-state index in [9.17, 15) is 14.7 Å². The molecule has 2 aliphatic carbocycles. The van der Waals surface area contributed by atoms with Crippen molar-refractivity contribution >= 4 is 22.8 Å². The summed E-state index contributed by atoms with van der Waals surface area (Å²) in [6, 6.07) is 14.5. The number of methoxy groups -OCH3 is 1. The highest BCUT2D eigenvalue weighted by molar-refractivity contribution is 5.98. The number of amides is 1. The zero-order chi connectivity index (χ0) is 28.3. The lowest BCUT2D eigenvalue weighted by Crippen LogP contribution is -2.56. The lowest BCUT2D eigenvalue weighted by atomic mass is 9.81. The number of ether oxygens (including phenoxy) is 1. The van der Waals surface area contributed by atoms with Crippen LogP contribution < -0.4 is 4.74 Å². The highest BCUT2D eigenvalue weighted by Crippen LogP contribution is 2.53. The van der Waals surface area contributed by atoms with Gasteiger partial charge in [-0.25, -0.2) is 4.79 Å². The second-order valence-electron chi connectivity index (χ2n) is 13.0. The number of rotatable bonds is 7. The fourth-order valence-electron chi connectivity index (χ4n) is 8.15. The minimum atomic E-state index is -0.920. The number of aromatic carboxylic acids is 1. The number of fused-ring (bicyclic) bond motifs is 3. The molecular weight excluding hydrogens is 514 g/mol. The van der Waals surface area contributed by atoms with Gasteiger partial charge in [0.2, 0.25) is 5.91 Å². The average molecular weight is 556 g/mol. The molecule has 2 saturated carbocycles. The third-order valence-electron chi connectivity index (χ3n) is 10.4. The maximum absolute atomic E-state index is 14.4. The molecule has 2 saturated heterocycles. The molecule has 2 aromatic carbocycles. The van der Waals surface area contributed by atoms with Crippen molar-refractivity contribution in [3.8, 4) is 17.0 Å². The van der Waals surface area contributed by atoms with Crippen LogP contribution in [0.2, 0.25) is 0 Å².